The van der Waals surface area contributed by atoms with Crippen molar-refractivity contribution in [2.24, 2.45) is 17.8 Å². The predicted octanol–water partition coefficient (Wildman–Crippen LogP) is 11.7. The molecule has 2 aromatic rings. The van der Waals surface area contributed by atoms with Crippen LogP contribution in [0.1, 0.15) is 108 Å². The summed E-state index contributed by atoms with van der Waals surface area (Å²) in [4.78, 5) is 0. The van der Waals surface area contributed by atoms with Crippen molar-refractivity contribution in [2.75, 3.05) is 0 Å². The number of aryl methyl sites for hydroxylation is 2. The van der Waals surface area contributed by atoms with Crippen LogP contribution in [-0.2, 0) is 18.3 Å². The van der Waals surface area contributed by atoms with Crippen LogP contribution < -0.4 is 0 Å². The molecule has 0 amide bonds. The zero-order valence-corrected chi connectivity index (χ0v) is 27.3. The summed E-state index contributed by atoms with van der Waals surface area (Å²) in [7, 11) is 0. The topological polar surface area (TPSA) is 0 Å². The van der Waals surface area contributed by atoms with E-state index in [9.17, 15) is 0 Å². The molecule has 1 saturated carbocycles. The van der Waals surface area contributed by atoms with Gasteiger partial charge in [-0.3, -0.25) is 0 Å². The fourth-order valence-electron chi connectivity index (χ4n) is 7.83. The lowest BCUT2D eigenvalue weighted by molar-refractivity contribution is 0.321. The minimum absolute atomic E-state index is 0.154. The molecular formula is C42H52. The molecule has 0 saturated heterocycles. The Kier molecular flexibility index (Phi) is 8.84. The maximum atomic E-state index is 4.83. The quantitative estimate of drug-likeness (QED) is 0.284. The number of hydrogen-bond acceptors (Lipinski definition) is 0. The summed E-state index contributed by atoms with van der Waals surface area (Å²) in [5.41, 5.74) is 16.0. The molecular weight excluding hydrogens is 504 g/mol. The van der Waals surface area contributed by atoms with Crippen molar-refractivity contribution in [2.45, 2.75) is 98.3 Å². The van der Waals surface area contributed by atoms with Crippen LogP contribution in [0.5, 0.6) is 0 Å². The van der Waals surface area contributed by atoms with Crippen LogP contribution >= 0.6 is 0 Å². The largest absolute Gasteiger partial charge is 0.0995 e. The minimum atomic E-state index is 0.154. The summed E-state index contributed by atoms with van der Waals surface area (Å²) < 4.78 is 0. The molecule has 0 aliphatic heterocycles. The zero-order valence-electron chi connectivity index (χ0n) is 27.3. The number of benzene rings is 2. The van der Waals surface area contributed by atoms with E-state index in [-0.39, 0.29) is 5.41 Å². The van der Waals surface area contributed by atoms with Gasteiger partial charge in [0.05, 0.1) is 0 Å². The van der Waals surface area contributed by atoms with Crippen LogP contribution in [0, 0.1) is 17.8 Å². The molecule has 0 nitrogen and oxygen atoms in total. The molecule has 3 aliphatic rings. The third-order valence-electron chi connectivity index (χ3n) is 10.1. The van der Waals surface area contributed by atoms with Crippen molar-refractivity contribution >= 4 is 5.57 Å². The molecule has 1 fully saturated rings. The van der Waals surface area contributed by atoms with Gasteiger partial charge >= 0.3 is 0 Å². The summed E-state index contributed by atoms with van der Waals surface area (Å²) in [6, 6.07) is 16.4. The highest BCUT2D eigenvalue weighted by Crippen LogP contribution is 2.57. The third-order valence-corrected chi connectivity index (χ3v) is 10.1. The van der Waals surface area contributed by atoms with Crippen molar-refractivity contribution in [1.29, 1.82) is 0 Å². The van der Waals surface area contributed by atoms with E-state index < -0.39 is 0 Å². The number of fused-ring (bicyclic) bond motifs is 1. The minimum Gasteiger partial charge on any atom is -0.0995 e. The molecule has 5 rings (SSSR count). The summed E-state index contributed by atoms with van der Waals surface area (Å²) >= 11 is 0. The fraction of sp³-hybridized carbons (Fsp3) is 0.429. The Morgan fingerprint density at radius 3 is 2.45 bits per heavy atom. The fourth-order valence-corrected chi connectivity index (χ4v) is 7.83. The second kappa shape index (κ2) is 12.2. The second-order valence-corrected chi connectivity index (χ2v) is 14.1. The lowest BCUT2D eigenvalue weighted by Gasteiger charge is -2.42. The van der Waals surface area contributed by atoms with Gasteiger partial charge in [0, 0.05) is 11.8 Å². The van der Waals surface area contributed by atoms with E-state index >= 15 is 0 Å². The van der Waals surface area contributed by atoms with Crippen LogP contribution in [0.15, 0.2) is 108 Å². The van der Waals surface area contributed by atoms with E-state index in [1.807, 2.05) is 0 Å². The van der Waals surface area contributed by atoms with E-state index in [0.29, 0.717) is 23.7 Å². The first-order valence-electron chi connectivity index (χ1n) is 16.5. The normalized spacial score (nSPS) is 24.9. The summed E-state index contributed by atoms with van der Waals surface area (Å²) in [6.45, 7) is 25.7. The lowest BCUT2D eigenvalue weighted by atomic mass is 9.61. The van der Waals surface area contributed by atoms with Crippen LogP contribution in [0.4, 0.5) is 0 Å². The molecule has 0 aromatic heterocycles. The highest BCUT2D eigenvalue weighted by atomic mass is 14.5. The van der Waals surface area contributed by atoms with E-state index in [4.69, 9.17) is 13.2 Å². The third kappa shape index (κ3) is 5.88. The monoisotopic (exact) mass is 556 g/mol. The first kappa shape index (κ1) is 30.3. The van der Waals surface area contributed by atoms with Crippen LogP contribution in [-0.4, -0.2) is 0 Å². The van der Waals surface area contributed by atoms with Gasteiger partial charge in [-0.25, -0.2) is 0 Å². The van der Waals surface area contributed by atoms with Crippen molar-refractivity contribution in [1.82, 2.24) is 0 Å². The molecule has 0 radical (unpaired) electrons. The Morgan fingerprint density at radius 1 is 0.976 bits per heavy atom. The molecule has 220 valence electrons. The van der Waals surface area contributed by atoms with Gasteiger partial charge < -0.3 is 0 Å². The molecule has 0 bridgehead atoms. The smallest absolute Gasteiger partial charge is 0.0123 e. The van der Waals surface area contributed by atoms with Gasteiger partial charge in [0.15, 0.2) is 0 Å². The number of allylic oxidation sites excluding steroid dienone is 10. The van der Waals surface area contributed by atoms with Gasteiger partial charge in [0.1, 0.15) is 0 Å². The standard InChI is InChI=1S/C42H52/c1-10-14-27(4)39-28(5)21-36-25-35(29(6)40(36)41(39)38-24-30(11-2)17-19-32(38)12-3)23-31-18-20-34(22-31)33-15-13-16-37(26-33)42(7,8)9/h13,15-21,23-24,26,28,39-41H,4,6,10-12,14,22,25H2,1-3,5,7-9H3/b35-23-. The molecule has 4 unspecified atom stereocenters. The molecule has 4 atom stereocenters. The molecule has 2 aromatic carbocycles. The van der Waals surface area contributed by atoms with E-state index in [1.54, 1.807) is 11.1 Å². The molecule has 0 heteroatoms. The van der Waals surface area contributed by atoms with Crippen molar-refractivity contribution in [3.63, 3.8) is 0 Å². The Bertz CT molecular complexity index is 1490. The zero-order chi connectivity index (χ0) is 30.2. The van der Waals surface area contributed by atoms with Gasteiger partial charge in [-0.2, -0.15) is 0 Å². The maximum absolute atomic E-state index is 4.83. The molecule has 0 heterocycles. The summed E-state index contributed by atoms with van der Waals surface area (Å²) in [5, 5.41) is 0. The van der Waals surface area contributed by atoms with E-state index in [2.05, 4.69) is 115 Å². The van der Waals surface area contributed by atoms with Gasteiger partial charge in [0.25, 0.3) is 0 Å². The Labute approximate surface area is 256 Å². The molecule has 0 N–H and O–H groups in total. The predicted molar refractivity (Wildman–Crippen MR) is 184 cm³/mol. The van der Waals surface area contributed by atoms with E-state index in [0.717, 1.165) is 38.5 Å². The second-order valence-electron chi connectivity index (χ2n) is 14.1. The highest BCUT2D eigenvalue weighted by Gasteiger charge is 2.45. The first-order chi connectivity index (χ1) is 20.0. The Morgan fingerprint density at radius 2 is 1.76 bits per heavy atom. The Hall–Kier alpha value is -3.12. The lowest BCUT2D eigenvalue weighted by Crippen LogP contribution is -2.32. The van der Waals surface area contributed by atoms with Gasteiger partial charge in [-0.15, -0.1) is 0 Å². The molecule has 0 spiro atoms. The molecule has 3 aliphatic carbocycles. The Balaban J connectivity index is 1.47. The summed E-state index contributed by atoms with van der Waals surface area (Å²) in [5.74, 6) is 1.70. The van der Waals surface area contributed by atoms with Gasteiger partial charge in [-0.05, 0) is 99.5 Å². The van der Waals surface area contributed by atoms with Gasteiger partial charge in [0.2, 0.25) is 0 Å². The van der Waals surface area contributed by atoms with Gasteiger partial charge in [-0.1, -0.05) is 146 Å². The van der Waals surface area contributed by atoms with Crippen LogP contribution in [0.2, 0.25) is 0 Å². The number of rotatable bonds is 8. The average molecular weight is 557 g/mol. The van der Waals surface area contributed by atoms with Crippen molar-refractivity contribution < 1.29 is 0 Å². The number of hydrogen-bond donors (Lipinski definition) is 0. The van der Waals surface area contributed by atoms with Crippen molar-refractivity contribution in [3.05, 3.63) is 136 Å². The first-order valence-corrected chi connectivity index (χ1v) is 16.5. The maximum Gasteiger partial charge on any atom is 0.0123 e. The molecule has 42 heavy (non-hydrogen) atoms. The van der Waals surface area contributed by atoms with E-state index in [1.165, 1.54) is 50.1 Å². The average Bonchev–Trinajstić information content (AvgIpc) is 3.55. The van der Waals surface area contributed by atoms with Crippen LogP contribution in [0.25, 0.3) is 5.57 Å². The SMILES string of the molecule is C=C1/C(=C\C2=CC=C(c3cccc(C(C)(C)C)c3)C2)CC2=CC(C)C(C(=C)CCC)C(c3cc(CC)ccc3CC)C12. The van der Waals surface area contributed by atoms with Crippen molar-refractivity contribution in [3.8, 4) is 0 Å². The highest BCUT2D eigenvalue weighted by molar-refractivity contribution is 5.74. The summed E-state index contributed by atoms with van der Waals surface area (Å²) in [6.07, 6.45) is 16.1. The van der Waals surface area contributed by atoms with Crippen LogP contribution in [0.3, 0.4) is 0 Å².